The van der Waals surface area contributed by atoms with Crippen LogP contribution in [-0.4, -0.2) is 27.0 Å². The lowest BCUT2D eigenvalue weighted by molar-refractivity contribution is -0.383. The van der Waals surface area contributed by atoms with Crippen molar-refractivity contribution in [1.82, 2.24) is 4.98 Å². The predicted molar refractivity (Wildman–Crippen MR) is 73.7 cm³/mol. The number of anilines is 1. The number of non-ortho nitro benzene ring substituents is 1. The zero-order valence-corrected chi connectivity index (χ0v) is 10.7. The summed E-state index contributed by atoms with van der Waals surface area (Å²) in [5, 5.41) is 23.3. The van der Waals surface area contributed by atoms with Gasteiger partial charge in [0.25, 0.3) is 5.69 Å². The maximum Gasteiger partial charge on any atom is 0.305 e. The van der Waals surface area contributed by atoms with Gasteiger partial charge in [-0.05, 0) is 25.1 Å². The van der Waals surface area contributed by atoms with Crippen molar-refractivity contribution in [2.75, 3.05) is 5.32 Å². The topological polar surface area (TPSA) is 105 Å². The number of nitrogens with zero attached hydrogens (tertiary/aromatic N) is 2. The minimum Gasteiger partial charge on any atom is -0.481 e. The van der Waals surface area contributed by atoms with E-state index in [4.69, 9.17) is 5.11 Å². The van der Waals surface area contributed by atoms with E-state index in [1.165, 1.54) is 12.3 Å². The van der Waals surface area contributed by atoms with Gasteiger partial charge in [-0.2, -0.15) is 0 Å². The van der Waals surface area contributed by atoms with Gasteiger partial charge in [0.15, 0.2) is 0 Å². The molecule has 1 aromatic carbocycles. The van der Waals surface area contributed by atoms with Crippen LogP contribution in [0.25, 0.3) is 10.9 Å². The lowest BCUT2D eigenvalue weighted by Gasteiger charge is -2.14. The number of hydrogen-bond acceptors (Lipinski definition) is 5. The number of hydrogen-bond donors (Lipinski definition) is 2. The summed E-state index contributed by atoms with van der Waals surface area (Å²) in [5.41, 5.74) is 0.842. The zero-order valence-electron chi connectivity index (χ0n) is 10.7. The van der Waals surface area contributed by atoms with E-state index in [2.05, 4.69) is 10.3 Å². The first kappa shape index (κ1) is 13.7. The molecule has 1 heterocycles. The first-order chi connectivity index (χ1) is 9.49. The standard InChI is InChI=1S/C13H13N3O4/c1-8(7-12(17)18)15-10-4-5-11(16(19)20)13-9(10)3-2-6-14-13/h2-6,8,15H,7H2,1H3,(H,17,18). The number of carboxylic acids is 1. The Labute approximate surface area is 114 Å². The number of carboxylic acid groups (broad SMARTS) is 1. The largest absolute Gasteiger partial charge is 0.481 e. The monoisotopic (exact) mass is 275 g/mol. The minimum absolute atomic E-state index is 0.0429. The van der Waals surface area contributed by atoms with Gasteiger partial charge in [0.2, 0.25) is 0 Å². The second-order valence-corrected chi connectivity index (χ2v) is 4.43. The van der Waals surface area contributed by atoms with Crippen LogP contribution < -0.4 is 5.32 Å². The summed E-state index contributed by atoms with van der Waals surface area (Å²) in [6.07, 6.45) is 1.44. The molecule has 7 heteroatoms. The van der Waals surface area contributed by atoms with Crippen LogP contribution in [0.2, 0.25) is 0 Å². The lowest BCUT2D eigenvalue weighted by Crippen LogP contribution is -2.19. The second-order valence-electron chi connectivity index (χ2n) is 4.43. The first-order valence-electron chi connectivity index (χ1n) is 5.99. The Hall–Kier alpha value is -2.70. The van der Waals surface area contributed by atoms with Crippen LogP contribution in [0.3, 0.4) is 0 Å². The summed E-state index contributed by atoms with van der Waals surface area (Å²) in [7, 11) is 0. The smallest absolute Gasteiger partial charge is 0.305 e. The Bertz CT molecular complexity index is 672. The quantitative estimate of drug-likeness (QED) is 0.641. The molecule has 7 nitrogen and oxygen atoms in total. The summed E-state index contributed by atoms with van der Waals surface area (Å²) in [6, 6.07) is 6.04. The van der Waals surface area contributed by atoms with Gasteiger partial charge in [-0.1, -0.05) is 0 Å². The number of benzene rings is 1. The summed E-state index contributed by atoms with van der Waals surface area (Å²) < 4.78 is 0. The fourth-order valence-electron chi connectivity index (χ4n) is 2.01. The Balaban J connectivity index is 2.43. The van der Waals surface area contributed by atoms with E-state index in [-0.39, 0.29) is 23.7 Å². The van der Waals surface area contributed by atoms with Gasteiger partial charge in [-0.15, -0.1) is 0 Å². The number of fused-ring (bicyclic) bond motifs is 1. The molecule has 1 unspecified atom stereocenters. The van der Waals surface area contributed by atoms with Crippen molar-refractivity contribution in [3.63, 3.8) is 0 Å². The van der Waals surface area contributed by atoms with E-state index >= 15 is 0 Å². The minimum atomic E-state index is -0.908. The molecule has 2 N–H and O–H groups in total. The van der Waals surface area contributed by atoms with Crippen LogP contribution >= 0.6 is 0 Å². The molecule has 104 valence electrons. The molecule has 0 radical (unpaired) electrons. The Morgan fingerprint density at radius 3 is 2.90 bits per heavy atom. The molecule has 0 aliphatic rings. The average Bonchev–Trinajstić information content (AvgIpc) is 2.37. The van der Waals surface area contributed by atoms with Gasteiger partial charge in [0.05, 0.1) is 11.3 Å². The van der Waals surface area contributed by atoms with Gasteiger partial charge < -0.3 is 10.4 Å². The normalized spacial score (nSPS) is 12.1. The van der Waals surface area contributed by atoms with Crippen LogP contribution in [0.5, 0.6) is 0 Å². The number of carbonyl (C=O) groups is 1. The first-order valence-corrected chi connectivity index (χ1v) is 5.99. The molecule has 0 aliphatic carbocycles. The number of aromatic nitrogens is 1. The van der Waals surface area contributed by atoms with Gasteiger partial charge in [0, 0.05) is 29.4 Å². The van der Waals surface area contributed by atoms with Crippen LogP contribution in [0.4, 0.5) is 11.4 Å². The molecular formula is C13H13N3O4. The third-order valence-electron chi connectivity index (χ3n) is 2.83. The molecule has 0 saturated heterocycles. The van der Waals surface area contributed by atoms with Gasteiger partial charge in [-0.3, -0.25) is 14.9 Å². The van der Waals surface area contributed by atoms with Gasteiger partial charge >= 0.3 is 5.97 Å². The van der Waals surface area contributed by atoms with E-state index in [0.717, 1.165) is 0 Å². The Morgan fingerprint density at radius 2 is 2.25 bits per heavy atom. The number of pyridine rings is 1. The molecule has 0 saturated carbocycles. The summed E-state index contributed by atoms with van der Waals surface area (Å²) in [4.78, 5) is 25.2. The molecule has 20 heavy (non-hydrogen) atoms. The molecule has 2 aromatic rings. The van der Waals surface area contributed by atoms with Crippen molar-refractivity contribution < 1.29 is 14.8 Å². The summed E-state index contributed by atoms with van der Waals surface area (Å²) >= 11 is 0. The number of rotatable bonds is 5. The number of nitro benzene ring substituents is 1. The van der Waals surface area contributed by atoms with Crippen LogP contribution in [0, 0.1) is 10.1 Å². The van der Waals surface area contributed by atoms with E-state index in [9.17, 15) is 14.9 Å². The SMILES string of the molecule is CC(CC(=O)O)Nc1ccc([N+](=O)[O-])c2ncccc12. The fourth-order valence-corrected chi connectivity index (χ4v) is 2.01. The highest BCUT2D eigenvalue weighted by Crippen LogP contribution is 2.30. The summed E-state index contributed by atoms with van der Waals surface area (Å²) in [5.74, 6) is -0.908. The molecule has 1 atom stereocenters. The molecule has 0 bridgehead atoms. The van der Waals surface area contributed by atoms with Crippen LogP contribution in [0.15, 0.2) is 30.5 Å². The average molecular weight is 275 g/mol. The molecule has 2 rings (SSSR count). The van der Waals surface area contributed by atoms with Gasteiger partial charge in [-0.25, -0.2) is 4.98 Å². The molecule has 1 aromatic heterocycles. The fraction of sp³-hybridized carbons (Fsp3) is 0.231. The van der Waals surface area contributed by atoms with Crippen molar-refractivity contribution in [3.05, 3.63) is 40.6 Å². The molecular weight excluding hydrogens is 262 g/mol. The third kappa shape index (κ3) is 2.82. The Morgan fingerprint density at radius 1 is 1.50 bits per heavy atom. The van der Waals surface area contributed by atoms with Crippen molar-refractivity contribution in [1.29, 1.82) is 0 Å². The van der Waals surface area contributed by atoms with E-state index in [1.54, 1.807) is 25.1 Å². The maximum atomic E-state index is 11.0. The molecule has 0 fully saturated rings. The number of nitrogens with one attached hydrogen (secondary N) is 1. The highest BCUT2D eigenvalue weighted by Gasteiger charge is 2.16. The van der Waals surface area contributed by atoms with Crippen LogP contribution in [0.1, 0.15) is 13.3 Å². The molecule has 0 amide bonds. The summed E-state index contributed by atoms with van der Waals surface area (Å²) in [6.45, 7) is 1.73. The number of aliphatic carboxylic acids is 1. The van der Waals surface area contributed by atoms with Crippen molar-refractivity contribution >= 4 is 28.2 Å². The number of nitro groups is 1. The van der Waals surface area contributed by atoms with E-state index < -0.39 is 10.9 Å². The molecule has 0 spiro atoms. The highest BCUT2D eigenvalue weighted by atomic mass is 16.6. The zero-order chi connectivity index (χ0) is 14.7. The Kier molecular flexibility index (Phi) is 3.79. The van der Waals surface area contributed by atoms with Crippen molar-refractivity contribution in [2.45, 2.75) is 19.4 Å². The van der Waals surface area contributed by atoms with E-state index in [1.807, 2.05) is 0 Å². The van der Waals surface area contributed by atoms with Crippen molar-refractivity contribution in [2.24, 2.45) is 0 Å². The van der Waals surface area contributed by atoms with Gasteiger partial charge in [0.1, 0.15) is 5.52 Å². The maximum absolute atomic E-state index is 11.0. The predicted octanol–water partition coefficient (Wildman–Crippen LogP) is 2.42. The third-order valence-corrected chi connectivity index (χ3v) is 2.83. The lowest BCUT2D eigenvalue weighted by atomic mass is 10.1. The van der Waals surface area contributed by atoms with Crippen LogP contribution in [-0.2, 0) is 4.79 Å². The molecule has 0 aliphatic heterocycles. The second kappa shape index (κ2) is 5.52. The highest BCUT2D eigenvalue weighted by molar-refractivity contribution is 5.97. The van der Waals surface area contributed by atoms with Crippen molar-refractivity contribution in [3.8, 4) is 0 Å². The van der Waals surface area contributed by atoms with E-state index in [0.29, 0.717) is 11.1 Å².